The van der Waals surface area contributed by atoms with Gasteiger partial charge in [-0.15, -0.1) is 0 Å². The molecule has 2 bridgehead atoms. The quantitative estimate of drug-likeness (QED) is 0.733. The first-order valence-electron chi connectivity index (χ1n) is 8.28. The summed E-state index contributed by atoms with van der Waals surface area (Å²) < 4.78 is 12.4. The second kappa shape index (κ2) is 4.14. The molecule has 2 aliphatic carbocycles. The van der Waals surface area contributed by atoms with Crippen molar-refractivity contribution < 1.29 is 9.31 Å². The topological polar surface area (TPSA) is 18.5 Å². The van der Waals surface area contributed by atoms with E-state index < -0.39 is 0 Å². The van der Waals surface area contributed by atoms with Crippen molar-refractivity contribution >= 4 is 12.6 Å². The molecule has 3 aliphatic rings. The normalized spacial score (nSPS) is 31.8. The SMILES string of the molecule is Cc1cc(B2OC(C)(C)C(C)(C)O2)cc2c1[C@H]1CCC2C1. The summed E-state index contributed by atoms with van der Waals surface area (Å²) in [6.45, 7) is 10.7. The first-order valence-corrected chi connectivity index (χ1v) is 8.28. The number of hydrogen-bond donors (Lipinski definition) is 0. The highest BCUT2D eigenvalue weighted by atomic mass is 16.7. The lowest BCUT2D eigenvalue weighted by molar-refractivity contribution is 0.00578. The standard InChI is InChI=1S/C18H25BO2/c1-11-8-14(19-20-17(2,3)18(4,5)21-19)10-15-12-6-7-13(9-12)16(11)15/h8,10,12-13H,6-7,9H2,1-5H3/t12?,13-/m0/s1. The first-order chi connectivity index (χ1) is 9.78. The predicted molar refractivity (Wildman–Crippen MR) is 86.2 cm³/mol. The van der Waals surface area contributed by atoms with Crippen LogP contribution in [0, 0.1) is 6.92 Å². The van der Waals surface area contributed by atoms with Gasteiger partial charge in [0.25, 0.3) is 0 Å². The molecule has 1 heterocycles. The molecule has 0 amide bonds. The first kappa shape index (κ1) is 13.8. The fourth-order valence-electron chi connectivity index (χ4n) is 4.39. The summed E-state index contributed by atoms with van der Waals surface area (Å²) in [7, 11) is -0.224. The van der Waals surface area contributed by atoms with E-state index in [1.807, 2.05) is 0 Å². The molecule has 1 saturated heterocycles. The molecule has 1 aromatic rings. The average molecular weight is 284 g/mol. The van der Waals surface area contributed by atoms with Crippen LogP contribution in [0.5, 0.6) is 0 Å². The van der Waals surface area contributed by atoms with Crippen molar-refractivity contribution in [2.45, 2.75) is 76.9 Å². The second-order valence-electron chi connectivity index (χ2n) is 8.14. The molecule has 0 radical (unpaired) electrons. The zero-order chi connectivity index (χ0) is 15.0. The minimum absolute atomic E-state index is 0.224. The maximum absolute atomic E-state index is 6.22. The third kappa shape index (κ3) is 1.87. The maximum atomic E-state index is 6.22. The molecule has 3 heteroatoms. The van der Waals surface area contributed by atoms with E-state index in [0.29, 0.717) is 0 Å². The molecule has 2 fully saturated rings. The van der Waals surface area contributed by atoms with Gasteiger partial charge in [0.15, 0.2) is 0 Å². The van der Waals surface area contributed by atoms with Crippen molar-refractivity contribution in [3.63, 3.8) is 0 Å². The lowest BCUT2D eigenvalue weighted by atomic mass is 9.74. The van der Waals surface area contributed by atoms with E-state index in [1.165, 1.54) is 30.3 Å². The Morgan fingerprint density at radius 3 is 2.29 bits per heavy atom. The van der Waals surface area contributed by atoms with Gasteiger partial charge >= 0.3 is 7.12 Å². The average Bonchev–Trinajstić information content (AvgIpc) is 3.02. The van der Waals surface area contributed by atoms with Crippen LogP contribution in [0.15, 0.2) is 12.1 Å². The van der Waals surface area contributed by atoms with Gasteiger partial charge < -0.3 is 9.31 Å². The largest absolute Gasteiger partial charge is 0.494 e. The molecule has 4 rings (SSSR count). The summed E-state index contributed by atoms with van der Waals surface area (Å²) in [6.07, 6.45) is 4.11. The van der Waals surface area contributed by atoms with Gasteiger partial charge in [-0.1, -0.05) is 12.1 Å². The van der Waals surface area contributed by atoms with Crippen molar-refractivity contribution in [2.24, 2.45) is 0 Å². The van der Waals surface area contributed by atoms with E-state index in [1.54, 1.807) is 11.1 Å². The van der Waals surface area contributed by atoms with E-state index in [2.05, 4.69) is 46.8 Å². The third-order valence-corrected chi connectivity index (χ3v) is 6.25. The van der Waals surface area contributed by atoms with Crippen LogP contribution in [0.3, 0.4) is 0 Å². The Kier molecular flexibility index (Phi) is 2.73. The summed E-state index contributed by atoms with van der Waals surface area (Å²) in [6, 6.07) is 4.66. The molecule has 0 spiro atoms. The molecule has 0 aromatic heterocycles. The molecule has 1 unspecified atom stereocenters. The van der Waals surface area contributed by atoms with Crippen LogP contribution in [0.2, 0.25) is 0 Å². The van der Waals surface area contributed by atoms with Gasteiger partial charge in [-0.05, 0) is 87.9 Å². The number of benzene rings is 1. The molecule has 2 atom stereocenters. The molecule has 1 saturated carbocycles. The van der Waals surface area contributed by atoms with Gasteiger partial charge in [0.05, 0.1) is 11.2 Å². The Balaban J connectivity index is 1.72. The van der Waals surface area contributed by atoms with Crippen molar-refractivity contribution in [3.05, 3.63) is 28.8 Å². The van der Waals surface area contributed by atoms with Gasteiger partial charge in [0.1, 0.15) is 0 Å². The van der Waals surface area contributed by atoms with E-state index in [4.69, 9.17) is 9.31 Å². The monoisotopic (exact) mass is 284 g/mol. The molecule has 1 aliphatic heterocycles. The minimum atomic E-state index is -0.260. The zero-order valence-electron chi connectivity index (χ0n) is 13.8. The Morgan fingerprint density at radius 2 is 1.62 bits per heavy atom. The maximum Gasteiger partial charge on any atom is 0.494 e. The Hall–Kier alpha value is -0.795. The third-order valence-electron chi connectivity index (χ3n) is 6.25. The van der Waals surface area contributed by atoms with Crippen LogP contribution in [-0.4, -0.2) is 18.3 Å². The van der Waals surface area contributed by atoms with Crippen LogP contribution in [0.25, 0.3) is 0 Å². The lowest BCUT2D eigenvalue weighted by Crippen LogP contribution is -2.41. The molecule has 21 heavy (non-hydrogen) atoms. The molecule has 0 N–H and O–H groups in total. The van der Waals surface area contributed by atoms with Crippen LogP contribution in [0.1, 0.15) is 75.5 Å². The van der Waals surface area contributed by atoms with Gasteiger partial charge in [-0.25, -0.2) is 0 Å². The Morgan fingerprint density at radius 1 is 1.00 bits per heavy atom. The summed E-state index contributed by atoms with van der Waals surface area (Å²) in [5.41, 5.74) is 5.33. The van der Waals surface area contributed by atoms with Crippen LogP contribution in [-0.2, 0) is 9.31 Å². The molecule has 1 aromatic carbocycles. The molecule has 112 valence electrons. The van der Waals surface area contributed by atoms with Crippen molar-refractivity contribution in [3.8, 4) is 0 Å². The van der Waals surface area contributed by atoms with E-state index in [-0.39, 0.29) is 18.3 Å². The highest BCUT2D eigenvalue weighted by molar-refractivity contribution is 6.62. The predicted octanol–water partition coefficient (Wildman–Crippen LogP) is 3.66. The Bertz CT molecular complexity index is 589. The van der Waals surface area contributed by atoms with E-state index in [9.17, 15) is 0 Å². The van der Waals surface area contributed by atoms with Gasteiger partial charge in [-0.3, -0.25) is 0 Å². The number of hydrogen-bond acceptors (Lipinski definition) is 2. The molecular weight excluding hydrogens is 259 g/mol. The number of rotatable bonds is 1. The van der Waals surface area contributed by atoms with Crippen molar-refractivity contribution in [1.82, 2.24) is 0 Å². The summed E-state index contributed by atoms with van der Waals surface area (Å²) in [4.78, 5) is 0. The molecular formula is C18H25BO2. The summed E-state index contributed by atoms with van der Waals surface area (Å²) >= 11 is 0. The fraction of sp³-hybridized carbons (Fsp3) is 0.667. The van der Waals surface area contributed by atoms with Crippen molar-refractivity contribution in [2.75, 3.05) is 0 Å². The lowest BCUT2D eigenvalue weighted by Gasteiger charge is -2.32. The van der Waals surface area contributed by atoms with E-state index in [0.717, 1.165) is 11.8 Å². The summed E-state index contributed by atoms with van der Waals surface area (Å²) in [5, 5.41) is 0. The smallest absolute Gasteiger partial charge is 0.399 e. The second-order valence-corrected chi connectivity index (χ2v) is 8.14. The van der Waals surface area contributed by atoms with Crippen molar-refractivity contribution in [1.29, 1.82) is 0 Å². The number of aryl methyl sites for hydroxylation is 1. The molecule has 2 nitrogen and oxygen atoms in total. The van der Waals surface area contributed by atoms with Gasteiger partial charge in [0.2, 0.25) is 0 Å². The number of fused-ring (bicyclic) bond motifs is 5. The summed E-state index contributed by atoms with van der Waals surface area (Å²) in [5.74, 6) is 1.60. The minimum Gasteiger partial charge on any atom is -0.399 e. The highest BCUT2D eigenvalue weighted by Crippen LogP contribution is 2.53. The van der Waals surface area contributed by atoms with E-state index >= 15 is 0 Å². The fourth-order valence-corrected chi connectivity index (χ4v) is 4.39. The highest BCUT2D eigenvalue weighted by Gasteiger charge is 2.52. The van der Waals surface area contributed by atoms with Crippen LogP contribution < -0.4 is 5.46 Å². The van der Waals surface area contributed by atoms with Crippen LogP contribution >= 0.6 is 0 Å². The van der Waals surface area contributed by atoms with Crippen LogP contribution in [0.4, 0.5) is 0 Å². The van der Waals surface area contributed by atoms with Gasteiger partial charge in [-0.2, -0.15) is 0 Å². The Labute approximate surface area is 128 Å². The van der Waals surface area contributed by atoms with Gasteiger partial charge in [0, 0.05) is 0 Å². The zero-order valence-corrected chi connectivity index (χ0v) is 13.8.